The topological polar surface area (TPSA) is 54.9 Å². The number of thioether (sulfide) groups is 1. The number of rotatable bonds is 5. The normalized spacial score (nSPS) is 15.8. The van der Waals surface area contributed by atoms with Gasteiger partial charge in [-0.2, -0.15) is 13.2 Å². The predicted octanol–water partition coefficient (Wildman–Crippen LogP) is 3.61. The van der Waals surface area contributed by atoms with Crippen molar-refractivity contribution in [3.63, 3.8) is 0 Å². The van der Waals surface area contributed by atoms with Crippen LogP contribution in [0, 0.1) is 0 Å². The van der Waals surface area contributed by atoms with Crippen LogP contribution in [0.2, 0.25) is 0 Å². The van der Waals surface area contributed by atoms with E-state index in [1.807, 2.05) is 6.07 Å². The highest BCUT2D eigenvalue weighted by Crippen LogP contribution is 2.36. The lowest BCUT2D eigenvalue weighted by Gasteiger charge is -2.16. The zero-order valence-electron chi connectivity index (χ0n) is 12.5. The number of nitrogens with zero attached hydrogens (tertiary/aromatic N) is 2. The first kappa shape index (κ1) is 16.8. The largest absolute Gasteiger partial charge is 0.433 e. The SMILES string of the molecule is O=C(NC1CC1)C(Sc1nccc(C(F)(F)F)n1)c1ccccc1. The van der Waals surface area contributed by atoms with Gasteiger partial charge in [-0.1, -0.05) is 42.1 Å². The maximum Gasteiger partial charge on any atom is 0.433 e. The number of carbonyl (C=O) groups is 1. The zero-order chi connectivity index (χ0) is 17.2. The Morgan fingerprint density at radius 2 is 1.92 bits per heavy atom. The summed E-state index contributed by atoms with van der Waals surface area (Å²) in [5, 5.41) is 2.10. The average molecular weight is 353 g/mol. The van der Waals surface area contributed by atoms with Crippen molar-refractivity contribution in [2.75, 3.05) is 0 Å². The molecule has 0 spiro atoms. The number of halogens is 3. The van der Waals surface area contributed by atoms with Crippen LogP contribution in [0.25, 0.3) is 0 Å². The van der Waals surface area contributed by atoms with E-state index in [2.05, 4.69) is 15.3 Å². The molecule has 8 heteroatoms. The van der Waals surface area contributed by atoms with Gasteiger partial charge in [0.2, 0.25) is 5.91 Å². The number of amides is 1. The van der Waals surface area contributed by atoms with Crippen molar-refractivity contribution >= 4 is 17.7 Å². The fraction of sp³-hybridized carbons (Fsp3) is 0.312. The molecule has 2 aromatic rings. The monoisotopic (exact) mass is 353 g/mol. The molecule has 126 valence electrons. The van der Waals surface area contributed by atoms with Crippen LogP contribution in [0.1, 0.15) is 29.3 Å². The highest BCUT2D eigenvalue weighted by atomic mass is 32.2. The highest BCUT2D eigenvalue weighted by molar-refractivity contribution is 8.00. The second kappa shape index (κ2) is 6.80. The van der Waals surface area contributed by atoms with Crippen LogP contribution < -0.4 is 5.32 Å². The van der Waals surface area contributed by atoms with Gasteiger partial charge in [-0.3, -0.25) is 4.79 Å². The van der Waals surface area contributed by atoms with Crippen molar-refractivity contribution in [2.24, 2.45) is 0 Å². The number of hydrogen-bond acceptors (Lipinski definition) is 4. The van der Waals surface area contributed by atoms with Crippen LogP contribution >= 0.6 is 11.8 Å². The molecule has 1 aromatic heterocycles. The molecule has 1 unspecified atom stereocenters. The first-order valence-corrected chi connectivity index (χ1v) is 8.23. The minimum atomic E-state index is -4.54. The number of nitrogens with one attached hydrogen (secondary N) is 1. The second-order valence-corrected chi connectivity index (χ2v) is 6.49. The molecule has 4 nitrogen and oxygen atoms in total. The Hall–Kier alpha value is -2.09. The molecule has 24 heavy (non-hydrogen) atoms. The number of alkyl halides is 3. The molecule has 1 aliphatic carbocycles. The molecule has 1 N–H and O–H groups in total. The lowest BCUT2D eigenvalue weighted by atomic mass is 10.1. The predicted molar refractivity (Wildman–Crippen MR) is 83.2 cm³/mol. The van der Waals surface area contributed by atoms with Gasteiger partial charge in [-0.15, -0.1) is 0 Å². The third kappa shape index (κ3) is 4.25. The molecule has 1 amide bonds. The summed E-state index contributed by atoms with van der Waals surface area (Å²) in [5.41, 5.74) is -0.323. The van der Waals surface area contributed by atoms with Crippen molar-refractivity contribution in [1.29, 1.82) is 0 Å². The van der Waals surface area contributed by atoms with Crippen LogP contribution in [0.15, 0.2) is 47.8 Å². The first-order chi connectivity index (χ1) is 11.4. The lowest BCUT2D eigenvalue weighted by Crippen LogP contribution is -2.29. The van der Waals surface area contributed by atoms with E-state index in [-0.39, 0.29) is 17.1 Å². The van der Waals surface area contributed by atoms with Gasteiger partial charge in [-0.05, 0) is 24.5 Å². The quantitative estimate of drug-likeness (QED) is 0.659. The van der Waals surface area contributed by atoms with Crippen molar-refractivity contribution in [2.45, 2.75) is 35.5 Å². The molecule has 1 fully saturated rings. The Bertz CT molecular complexity index is 720. The molecular weight excluding hydrogens is 339 g/mol. The van der Waals surface area contributed by atoms with E-state index in [1.54, 1.807) is 24.3 Å². The maximum absolute atomic E-state index is 12.8. The van der Waals surface area contributed by atoms with Crippen LogP contribution in [0.4, 0.5) is 13.2 Å². The summed E-state index contributed by atoms with van der Waals surface area (Å²) in [7, 11) is 0. The van der Waals surface area contributed by atoms with E-state index in [0.717, 1.165) is 36.9 Å². The maximum atomic E-state index is 12.8. The van der Waals surface area contributed by atoms with Gasteiger partial charge in [0.05, 0.1) is 0 Å². The molecule has 1 aliphatic rings. The fourth-order valence-corrected chi connectivity index (χ4v) is 3.02. The third-order valence-electron chi connectivity index (χ3n) is 3.41. The molecule has 1 aromatic carbocycles. The molecule has 0 bridgehead atoms. The van der Waals surface area contributed by atoms with E-state index in [4.69, 9.17) is 0 Å². The van der Waals surface area contributed by atoms with Gasteiger partial charge in [0, 0.05) is 12.2 Å². The van der Waals surface area contributed by atoms with Gasteiger partial charge >= 0.3 is 6.18 Å². The molecule has 0 aliphatic heterocycles. The molecule has 1 heterocycles. The van der Waals surface area contributed by atoms with E-state index >= 15 is 0 Å². The van der Waals surface area contributed by atoms with Crippen molar-refractivity contribution < 1.29 is 18.0 Å². The Morgan fingerprint density at radius 1 is 1.21 bits per heavy atom. The molecule has 3 rings (SSSR count). The van der Waals surface area contributed by atoms with Crippen molar-refractivity contribution in [1.82, 2.24) is 15.3 Å². The molecule has 1 atom stereocenters. The Kier molecular flexibility index (Phi) is 4.75. The number of aromatic nitrogens is 2. The fourth-order valence-electron chi connectivity index (χ4n) is 2.07. The molecule has 1 saturated carbocycles. The number of carbonyl (C=O) groups excluding carboxylic acids is 1. The summed E-state index contributed by atoms with van der Waals surface area (Å²) in [6.45, 7) is 0. The summed E-state index contributed by atoms with van der Waals surface area (Å²) >= 11 is 0.916. The Balaban J connectivity index is 1.85. The Labute approximate surface area is 140 Å². The molecule has 0 saturated heterocycles. The van der Waals surface area contributed by atoms with Gasteiger partial charge in [-0.25, -0.2) is 9.97 Å². The Morgan fingerprint density at radius 3 is 2.54 bits per heavy atom. The zero-order valence-corrected chi connectivity index (χ0v) is 13.3. The standard InChI is InChI=1S/C16H14F3N3OS/c17-16(18,19)12-8-9-20-15(22-12)24-13(10-4-2-1-3-5-10)14(23)21-11-6-7-11/h1-5,8-9,11,13H,6-7H2,(H,21,23). The van der Waals surface area contributed by atoms with Crippen LogP contribution in [0.5, 0.6) is 0 Å². The number of benzene rings is 1. The van der Waals surface area contributed by atoms with Crippen molar-refractivity contribution in [3.05, 3.63) is 53.9 Å². The molecular formula is C16H14F3N3OS. The van der Waals surface area contributed by atoms with Gasteiger partial charge in [0.15, 0.2) is 5.16 Å². The van der Waals surface area contributed by atoms with Crippen LogP contribution in [-0.4, -0.2) is 21.9 Å². The van der Waals surface area contributed by atoms with E-state index in [1.165, 1.54) is 0 Å². The van der Waals surface area contributed by atoms with Crippen LogP contribution in [0.3, 0.4) is 0 Å². The van der Waals surface area contributed by atoms with E-state index in [9.17, 15) is 18.0 Å². The summed E-state index contributed by atoms with van der Waals surface area (Å²) in [4.78, 5) is 19.9. The summed E-state index contributed by atoms with van der Waals surface area (Å²) in [5.74, 6) is -0.241. The highest BCUT2D eigenvalue weighted by Gasteiger charge is 2.34. The van der Waals surface area contributed by atoms with Gasteiger partial charge in [0.1, 0.15) is 10.9 Å². The van der Waals surface area contributed by atoms with Crippen molar-refractivity contribution in [3.8, 4) is 0 Å². The summed E-state index contributed by atoms with van der Waals surface area (Å²) in [6, 6.07) is 9.86. The average Bonchev–Trinajstić information content (AvgIpc) is 3.37. The summed E-state index contributed by atoms with van der Waals surface area (Å²) in [6.07, 6.45) is -1.63. The second-order valence-electron chi connectivity index (χ2n) is 5.41. The van der Waals surface area contributed by atoms with Crippen LogP contribution in [-0.2, 0) is 11.0 Å². The minimum absolute atomic E-state index is 0.0791. The molecule has 0 radical (unpaired) electrons. The first-order valence-electron chi connectivity index (χ1n) is 7.36. The van der Waals surface area contributed by atoms with Gasteiger partial charge in [0.25, 0.3) is 0 Å². The van der Waals surface area contributed by atoms with E-state index in [0.29, 0.717) is 5.56 Å². The smallest absolute Gasteiger partial charge is 0.352 e. The minimum Gasteiger partial charge on any atom is -0.352 e. The third-order valence-corrected chi connectivity index (χ3v) is 4.54. The number of hydrogen-bond donors (Lipinski definition) is 1. The van der Waals surface area contributed by atoms with E-state index < -0.39 is 17.1 Å². The lowest BCUT2D eigenvalue weighted by molar-refractivity contribution is -0.141. The summed E-state index contributed by atoms with van der Waals surface area (Å²) < 4.78 is 38.4. The van der Waals surface area contributed by atoms with Gasteiger partial charge < -0.3 is 5.32 Å².